The minimum absolute atomic E-state index is 0.0455. The number of phenolic OH excluding ortho intramolecular Hbond substituents is 1. The van der Waals surface area contributed by atoms with Crippen molar-refractivity contribution in [1.29, 1.82) is 5.26 Å². The van der Waals surface area contributed by atoms with Gasteiger partial charge in [0.05, 0.1) is 30.3 Å². The topological polar surface area (TPSA) is 138 Å². The van der Waals surface area contributed by atoms with Gasteiger partial charge < -0.3 is 25.3 Å². The number of aromatic hydroxyl groups is 1. The summed E-state index contributed by atoms with van der Waals surface area (Å²) in [7, 11) is 0. The average molecular weight is 532 g/mol. The molecule has 8 heteroatoms. The number of nitrogens with zero attached hydrogens (tertiary/aromatic N) is 1. The van der Waals surface area contributed by atoms with Gasteiger partial charge in [-0.15, -0.1) is 0 Å². The Labute approximate surface area is 229 Å². The maximum absolute atomic E-state index is 14.4. The third kappa shape index (κ3) is 6.80. The summed E-state index contributed by atoms with van der Waals surface area (Å²) in [5, 5.41) is 20.8. The van der Waals surface area contributed by atoms with Crippen LogP contribution in [0.4, 0.5) is 0 Å². The quantitative estimate of drug-likeness (QED) is 0.214. The Bertz CT molecular complexity index is 1370. The highest BCUT2D eigenvalue weighted by Gasteiger charge is 2.39. The number of primary amides is 1. The number of amides is 1. The largest absolute Gasteiger partial charge is 0.504 e. The maximum Gasteiger partial charge on any atom is 0.217 e. The predicted molar refractivity (Wildman–Crippen MR) is 149 cm³/mol. The molecular formula is C31H37N3O5. The summed E-state index contributed by atoms with van der Waals surface area (Å²) in [6.45, 7) is 10.2. The van der Waals surface area contributed by atoms with Crippen molar-refractivity contribution >= 4 is 11.7 Å². The van der Waals surface area contributed by atoms with Crippen LogP contribution in [0.2, 0.25) is 0 Å². The van der Waals surface area contributed by atoms with E-state index in [0.29, 0.717) is 46.7 Å². The molecule has 2 aromatic carbocycles. The summed E-state index contributed by atoms with van der Waals surface area (Å²) in [6, 6.07) is 14.4. The highest BCUT2D eigenvalue weighted by molar-refractivity contribution is 6.04. The fourth-order valence-corrected chi connectivity index (χ4v) is 4.60. The van der Waals surface area contributed by atoms with E-state index in [4.69, 9.17) is 15.2 Å². The first-order chi connectivity index (χ1) is 18.4. The lowest BCUT2D eigenvalue weighted by molar-refractivity contribution is -0.118. The number of hydrogen-bond donors (Lipinski definition) is 3. The van der Waals surface area contributed by atoms with Gasteiger partial charge in [-0.1, -0.05) is 20.8 Å². The Hall–Kier alpha value is -4.25. The smallest absolute Gasteiger partial charge is 0.217 e. The molecule has 1 amide bonds. The summed E-state index contributed by atoms with van der Waals surface area (Å²) < 4.78 is 11.5. The van der Waals surface area contributed by atoms with Crippen LogP contribution in [0.1, 0.15) is 80.2 Å². The molecule has 8 nitrogen and oxygen atoms in total. The first-order valence-corrected chi connectivity index (χ1v) is 13.0. The molecule has 0 radical (unpaired) electrons. The van der Waals surface area contributed by atoms with Crippen LogP contribution >= 0.6 is 0 Å². The second kappa shape index (κ2) is 12.1. The van der Waals surface area contributed by atoms with Crippen molar-refractivity contribution < 1.29 is 24.2 Å². The zero-order valence-corrected chi connectivity index (χ0v) is 23.3. The standard InChI is InChI=1S/C31H37N3O5/c1-6-38-23-12-11-20(19-32)22(15-23)18-31(5,26-9-7-13-34-26)29(37)21-16-24(30(2,3)4)28(36)25(17-21)39-14-8-10-27(33)35/h7,9,11-13,15-17,34,36H,6,8,10,14,18H2,1-5H3,(H2,33,35). The van der Waals surface area contributed by atoms with Crippen LogP contribution in [-0.4, -0.2) is 35.0 Å². The van der Waals surface area contributed by atoms with E-state index in [2.05, 4.69) is 11.1 Å². The maximum atomic E-state index is 14.4. The number of carbonyl (C=O) groups excluding carboxylic acids is 2. The van der Waals surface area contributed by atoms with Crippen LogP contribution in [0.5, 0.6) is 17.2 Å². The predicted octanol–water partition coefficient (Wildman–Crippen LogP) is 5.32. The zero-order chi connectivity index (χ0) is 28.8. The molecular weight excluding hydrogens is 494 g/mol. The number of H-pyrrole nitrogens is 1. The minimum atomic E-state index is -1.09. The third-order valence-corrected chi connectivity index (χ3v) is 6.72. The van der Waals surface area contributed by atoms with Gasteiger partial charge in [0.25, 0.3) is 0 Å². The summed E-state index contributed by atoms with van der Waals surface area (Å²) >= 11 is 0. The number of aromatic amines is 1. The second-order valence-electron chi connectivity index (χ2n) is 10.8. The van der Waals surface area contributed by atoms with Gasteiger partial charge in [-0.25, -0.2) is 0 Å². The second-order valence-corrected chi connectivity index (χ2v) is 10.8. The number of nitriles is 1. The first-order valence-electron chi connectivity index (χ1n) is 13.0. The Morgan fingerprint density at radius 2 is 1.85 bits per heavy atom. The van der Waals surface area contributed by atoms with Crippen LogP contribution < -0.4 is 15.2 Å². The monoisotopic (exact) mass is 531 g/mol. The third-order valence-electron chi connectivity index (χ3n) is 6.72. The number of hydrogen-bond acceptors (Lipinski definition) is 6. The molecule has 1 heterocycles. The van der Waals surface area contributed by atoms with Crippen LogP contribution in [-0.2, 0) is 22.0 Å². The van der Waals surface area contributed by atoms with E-state index < -0.39 is 16.7 Å². The van der Waals surface area contributed by atoms with Crippen LogP contribution in [0.25, 0.3) is 0 Å². The van der Waals surface area contributed by atoms with E-state index in [1.807, 2.05) is 46.8 Å². The van der Waals surface area contributed by atoms with E-state index in [-0.39, 0.29) is 36.7 Å². The van der Waals surface area contributed by atoms with Crippen molar-refractivity contribution in [2.45, 2.75) is 64.7 Å². The fourth-order valence-electron chi connectivity index (χ4n) is 4.60. The lowest BCUT2D eigenvalue weighted by Crippen LogP contribution is -2.36. The lowest BCUT2D eigenvalue weighted by Gasteiger charge is -2.30. The first kappa shape index (κ1) is 29.3. The Kier molecular flexibility index (Phi) is 9.08. The van der Waals surface area contributed by atoms with Crippen molar-refractivity contribution in [3.8, 4) is 23.3 Å². The van der Waals surface area contributed by atoms with Gasteiger partial charge in [-0.3, -0.25) is 9.59 Å². The molecule has 0 aliphatic carbocycles. The molecule has 3 rings (SSSR count). The normalized spacial score (nSPS) is 12.8. The molecule has 0 aliphatic heterocycles. The van der Waals surface area contributed by atoms with Crippen molar-refractivity contribution in [1.82, 2.24) is 4.98 Å². The molecule has 0 fully saturated rings. The van der Waals surface area contributed by atoms with Crippen LogP contribution in [0.15, 0.2) is 48.7 Å². The van der Waals surface area contributed by atoms with E-state index in [1.54, 1.807) is 36.5 Å². The number of nitrogens with two attached hydrogens (primary N) is 1. The van der Waals surface area contributed by atoms with Crippen molar-refractivity contribution in [2.75, 3.05) is 13.2 Å². The molecule has 206 valence electrons. The highest BCUT2D eigenvalue weighted by Crippen LogP contribution is 2.41. The number of carbonyl (C=O) groups is 2. The number of ketones is 1. The molecule has 1 unspecified atom stereocenters. The lowest BCUT2D eigenvalue weighted by atomic mass is 9.73. The van der Waals surface area contributed by atoms with E-state index in [1.165, 1.54) is 0 Å². The summed E-state index contributed by atoms with van der Waals surface area (Å²) in [4.78, 5) is 28.7. The molecule has 1 aromatic heterocycles. The van der Waals surface area contributed by atoms with E-state index in [0.717, 1.165) is 0 Å². The number of phenols is 1. The van der Waals surface area contributed by atoms with Crippen molar-refractivity contribution in [2.24, 2.45) is 5.73 Å². The van der Waals surface area contributed by atoms with Gasteiger partial charge in [0.15, 0.2) is 17.3 Å². The zero-order valence-electron chi connectivity index (χ0n) is 23.3. The van der Waals surface area contributed by atoms with E-state index >= 15 is 0 Å². The van der Waals surface area contributed by atoms with E-state index in [9.17, 15) is 20.0 Å². The van der Waals surface area contributed by atoms with Gasteiger partial charge in [-0.05, 0) is 80.1 Å². The summed E-state index contributed by atoms with van der Waals surface area (Å²) in [5.74, 6) is 0.104. The molecule has 0 saturated heterocycles. The van der Waals surface area contributed by atoms with Crippen LogP contribution in [0.3, 0.4) is 0 Å². The molecule has 0 spiro atoms. The molecule has 4 N–H and O–H groups in total. The molecule has 1 atom stereocenters. The van der Waals surface area contributed by atoms with Gasteiger partial charge in [0.1, 0.15) is 5.75 Å². The fraction of sp³-hybridized carbons (Fsp3) is 0.387. The molecule has 0 saturated carbocycles. The highest BCUT2D eigenvalue weighted by atomic mass is 16.5. The Morgan fingerprint density at radius 3 is 2.44 bits per heavy atom. The number of nitrogens with one attached hydrogen (secondary N) is 1. The Morgan fingerprint density at radius 1 is 1.10 bits per heavy atom. The van der Waals surface area contributed by atoms with Gasteiger partial charge in [0, 0.05) is 29.4 Å². The number of Topliss-reactive ketones (excluding diaryl/α,β-unsaturated/α-hetero) is 1. The number of ether oxygens (including phenoxy) is 2. The van der Waals surface area contributed by atoms with Crippen molar-refractivity contribution in [3.05, 3.63) is 76.6 Å². The number of benzene rings is 2. The molecule has 3 aromatic rings. The summed E-state index contributed by atoms with van der Waals surface area (Å²) in [5.41, 5.74) is 6.41. The van der Waals surface area contributed by atoms with Crippen molar-refractivity contribution in [3.63, 3.8) is 0 Å². The molecule has 0 aliphatic rings. The SMILES string of the molecule is CCOc1ccc(C#N)c(CC(C)(C(=O)c2cc(OCCCC(N)=O)c(O)c(C(C)(C)C)c2)c2ccc[nH]2)c1. The number of aromatic nitrogens is 1. The number of rotatable bonds is 12. The van der Waals surface area contributed by atoms with Gasteiger partial charge >= 0.3 is 0 Å². The van der Waals surface area contributed by atoms with Gasteiger partial charge in [0.2, 0.25) is 5.91 Å². The van der Waals surface area contributed by atoms with Crippen LogP contribution in [0, 0.1) is 11.3 Å². The molecule has 0 bridgehead atoms. The molecule has 39 heavy (non-hydrogen) atoms. The average Bonchev–Trinajstić information content (AvgIpc) is 3.42. The Balaban J connectivity index is 2.11. The summed E-state index contributed by atoms with van der Waals surface area (Å²) in [6.07, 6.45) is 2.52. The minimum Gasteiger partial charge on any atom is -0.504 e. The van der Waals surface area contributed by atoms with Gasteiger partial charge in [-0.2, -0.15) is 5.26 Å².